The summed E-state index contributed by atoms with van der Waals surface area (Å²) in [6.45, 7) is 1.21. The van der Waals surface area contributed by atoms with Gasteiger partial charge in [0.05, 0.1) is 6.20 Å². The molecule has 1 amide bonds. The highest BCUT2D eigenvalue weighted by Gasteiger charge is 2.24. The summed E-state index contributed by atoms with van der Waals surface area (Å²) in [6, 6.07) is 17.0. The van der Waals surface area contributed by atoms with Crippen LogP contribution in [0.25, 0.3) is 11.3 Å². The van der Waals surface area contributed by atoms with Gasteiger partial charge in [0.1, 0.15) is 11.4 Å². The number of aromatic hydroxyl groups is 1. The summed E-state index contributed by atoms with van der Waals surface area (Å²) in [5, 5.41) is 10.3. The Kier molecular flexibility index (Phi) is 5.21. The van der Waals surface area contributed by atoms with Crippen LogP contribution in [-0.2, 0) is 0 Å². The van der Waals surface area contributed by atoms with Gasteiger partial charge in [0.25, 0.3) is 5.91 Å². The summed E-state index contributed by atoms with van der Waals surface area (Å²) in [6.07, 6.45) is 6.50. The van der Waals surface area contributed by atoms with Crippen molar-refractivity contribution in [1.29, 1.82) is 0 Å². The monoisotopic (exact) mass is 391 g/mol. The summed E-state index contributed by atoms with van der Waals surface area (Å²) >= 11 is 1.52. The molecule has 2 heterocycles. The van der Waals surface area contributed by atoms with Gasteiger partial charge in [-0.15, -0.1) is 0 Å². The number of thioether (sulfide) groups is 1. The highest BCUT2D eigenvalue weighted by molar-refractivity contribution is 7.98. The van der Waals surface area contributed by atoms with Gasteiger partial charge in [-0.3, -0.25) is 9.36 Å². The molecular weight excluding hydrogens is 370 g/mol. The van der Waals surface area contributed by atoms with E-state index < -0.39 is 0 Å². The van der Waals surface area contributed by atoms with E-state index in [1.807, 2.05) is 58.2 Å². The van der Waals surface area contributed by atoms with E-state index in [-0.39, 0.29) is 11.7 Å². The number of hydrogen-bond donors (Lipinski definition) is 1. The van der Waals surface area contributed by atoms with E-state index in [0.717, 1.165) is 22.8 Å². The van der Waals surface area contributed by atoms with Crippen LogP contribution in [-0.4, -0.2) is 44.8 Å². The number of nitrogens with zero attached hydrogens (tertiary/aromatic N) is 3. The van der Waals surface area contributed by atoms with E-state index in [1.54, 1.807) is 18.3 Å². The molecule has 3 aromatic rings. The number of amides is 1. The molecule has 0 saturated heterocycles. The molecule has 4 rings (SSSR count). The second kappa shape index (κ2) is 7.94. The fourth-order valence-corrected chi connectivity index (χ4v) is 3.95. The molecule has 5 nitrogen and oxygen atoms in total. The summed E-state index contributed by atoms with van der Waals surface area (Å²) in [5.41, 5.74) is 3.80. The first-order valence-electron chi connectivity index (χ1n) is 9.12. The summed E-state index contributed by atoms with van der Waals surface area (Å²) in [5.74, 6) is 0.244. The van der Waals surface area contributed by atoms with Gasteiger partial charge < -0.3 is 10.0 Å². The second-order valence-electron chi connectivity index (χ2n) is 6.58. The number of phenols is 1. The molecule has 2 aromatic carbocycles. The van der Waals surface area contributed by atoms with Crippen LogP contribution in [0.4, 0.5) is 0 Å². The van der Waals surface area contributed by atoms with Crippen molar-refractivity contribution >= 4 is 23.2 Å². The third-order valence-corrected chi connectivity index (χ3v) is 5.53. The Bertz CT molecular complexity index is 1010. The van der Waals surface area contributed by atoms with Crippen molar-refractivity contribution in [2.75, 3.05) is 19.3 Å². The quantitative estimate of drug-likeness (QED) is 0.676. The summed E-state index contributed by atoms with van der Waals surface area (Å²) in [7, 11) is 0. The Hall–Kier alpha value is -2.99. The number of phenolic OH excluding ortho intramolecular Hbond substituents is 1. The largest absolute Gasteiger partial charge is 0.508 e. The Labute approximate surface area is 168 Å². The first-order valence-corrected chi connectivity index (χ1v) is 10.3. The highest BCUT2D eigenvalue weighted by Crippen LogP contribution is 2.26. The Morgan fingerprint density at radius 1 is 1.11 bits per heavy atom. The lowest BCUT2D eigenvalue weighted by Gasteiger charge is -2.27. The maximum Gasteiger partial charge on any atom is 0.272 e. The van der Waals surface area contributed by atoms with E-state index in [9.17, 15) is 9.90 Å². The SMILES string of the molecule is CSc1ncc(C(=O)N2CC=C(c3ccc(O)cc3)CC2)n1-c1ccccc1. The molecule has 1 aliphatic heterocycles. The molecule has 142 valence electrons. The number of para-hydroxylation sites is 1. The maximum atomic E-state index is 13.2. The molecular formula is C22H21N3O2S. The number of aromatic nitrogens is 2. The van der Waals surface area contributed by atoms with E-state index in [2.05, 4.69) is 11.1 Å². The Morgan fingerprint density at radius 3 is 2.50 bits per heavy atom. The zero-order valence-corrected chi connectivity index (χ0v) is 16.4. The van der Waals surface area contributed by atoms with Crippen LogP contribution in [0.2, 0.25) is 0 Å². The van der Waals surface area contributed by atoms with Crippen molar-refractivity contribution in [2.45, 2.75) is 11.6 Å². The fraction of sp³-hybridized carbons (Fsp3) is 0.182. The Morgan fingerprint density at radius 2 is 1.86 bits per heavy atom. The molecule has 1 N–H and O–H groups in total. The van der Waals surface area contributed by atoms with Crippen LogP contribution in [0, 0.1) is 0 Å². The van der Waals surface area contributed by atoms with Gasteiger partial charge >= 0.3 is 0 Å². The van der Waals surface area contributed by atoms with Crippen LogP contribution in [0.15, 0.2) is 72.0 Å². The van der Waals surface area contributed by atoms with E-state index in [4.69, 9.17) is 0 Å². The van der Waals surface area contributed by atoms with Crippen molar-refractivity contribution in [3.8, 4) is 11.4 Å². The van der Waals surface area contributed by atoms with Crippen LogP contribution in [0.1, 0.15) is 22.5 Å². The topological polar surface area (TPSA) is 58.4 Å². The first kappa shape index (κ1) is 18.4. The average Bonchev–Trinajstić information content (AvgIpc) is 3.19. The van der Waals surface area contributed by atoms with E-state index in [1.165, 1.54) is 17.3 Å². The van der Waals surface area contributed by atoms with Crippen LogP contribution in [0.5, 0.6) is 5.75 Å². The number of imidazole rings is 1. The zero-order chi connectivity index (χ0) is 19.5. The molecule has 0 spiro atoms. The van der Waals surface area contributed by atoms with Crippen LogP contribution >= 0.6 is 11.8 Å². The second-order valence-corrected chi connectivity index (χ2v) is 7.35. The first-order chi connectivity index (χ1) is 13.7. The van der Waals surface area contributed by atoms with Gasteiger partial charge in [0.15, 0.2) is 5.16 Å². The zero-order valence-electron chi connectivity index (χ0n) is 15.6. The number of hydrogen-bond acceptors (Lipinski definition) is 4. The Balaban J connectivity index is 1.58. The van der Waals surface area contributed by atoms with Crippen molar-refractivity contribution in [2.24, 2.45) is 0 Å². The van der Waals surface area contributed by atoms with Crippen LogP contribution in [0.3, 0.4) is 0 Å². The van der Waals surface area contributed by atoms with Gasteiger partial charge in [-0.25, -0.2) is 4.98 Å². The number of rotatable bonds is 4. The third-order valence-electron chi connectivity index (χ3n) is 4.88. The van der Waals surface area contributed by atoms with Crippen molar-refractivity contribution in [1.82, 2.24) is 14.5 Å². The lowest BCUT2D eigenvalue weighted by molar-refractivity contribution is 0.0764. The third kappa shape index (κ3) is 3.55. The maximum absolute atomic E-state index is 13.2. The minimum absolute atomic E-state index is 0.0161. The molecule has 0 fully saturated rings. The van der Waals surface area contributed by atoms with Crippen LogP contribution < -0.4 is 0 Å². The van der Waals surface area contributed by atoms with E-state index >= 15 is 0 Å². The van der Waals surface area contributed by atoms with E-state index in [0.29, 0.717) is 18.8 Å². The molecule has 1 aromatic heterocycles. The molecule has 6 heteroatoms. The highest BCUT2D eigenvalue weighted by atomic mass is 32.2. The molecule has 0 radical (unpaired) electrons. The summed E-state index contributed by atoms with van der Waals surface area (Å²) < 4.78 is 1.92. The van der Waals surface area contributed by atoms with Gasteiger partial charge in [-0.05, 0) is 48.1 Å². The smallest absolute Gasteiger partial charge is 0.272 e. The molecule has 0 aliphatic carbocycles. The minimum atomic E-state index is -0.0161. The molecule has 0 unspecified atom stereocenters. The van der Waals surface area contributed by atoms with Gasteiger partial charge in [0, 0.05) is 18.8 Å². The minimum Gasteiger partial charge on any atom is -0.508 e. The molecule has 0 atom stereocenters. The lowest BCUT2D eigenvalue weighted by atomic mass is 9.99. The predicted octanol–water partition coefficient (Wildman–Crippen LogP) is 4.23. The van der Waals surface area contributed by atoms with Gasteiger partial charge in [0.2, 0.25) is 0 Å². The molecule has 0 saturated carbocycles. The van der Waals surface area contributed by atoms with Crippen molar-refractivity contribution < 1.29 is 9.90 Å². The average molecular weight is 391 g/mol. The van der Waals surface area contributed by atoms with Crippen molar-refractivity contribution in [3.05, 3.63) is 78.1 Å². The molecule has 0 bridgehead atoms. The molecule has 1 aliphatic rings. The fourth-order valence-electron chi connectivity index (χ4n) is 3.41. The van der Waals surface area contributed by atoms with Crippen molar-refractivity contribution in [3.63, 3.8) is 0 Å². The number of carbonyl (C=O) groups is 1. The predicted molar refractivity (Wildman–Crippen MR) is 112 cm³/mol. The summed E-state index contributed by atoms with van der Waals surface area (Å²) in [4.78, 5) is 19.5. The van der Waals surface area contributed by atoms with Gasteiger partial charge in [-0.1, -0.05) is 48.2 Å². The normalized spacial score (nSPS) is 14.0. The standard InChI is InChI=1S/C22H21N3O2S/c1-28-22-23-15-20(25(22)18-5-3-2-4-6-18)21(27)24-13-11-17(12-14-24)16-7-9-19(26)10-8-16/h2-11,15,26H,12-14H2,1H3. The lowest BCUT2D eigenvalue weighted by Crippen LogP contribution is -2.35. The number of benzene rings is 2. The number of carbonyl (C=O) groups excluding carboxylic acids is 1. The molecule has 28 heavy (non-hydrogen) atoms. The van der Waals surface area contributed by atoms with Gasteiger partial charge in [-0.2, -0.15) is 0 Å².